The molecule has 2 aromatic carbocycles. The van der Waals surface area contributed by atoms with Gasteiger partial charge in [-0.05, 0) is 60.9 Å². The third-order valence-corrected chi connectivity index (χ3v) is 6.19. The van der Waals surface area contributed by atoms with Crippen molar-refractivity contribution in [1.29, 1.82) is 0 Å². The first kappa shape index (κ1) is 22.0. The molecule has 166 valence electrons. The van der Waals surface area contributed by atoms with Gasteiger partial charge in [-0.25, -0.2) is 4.98 Å². The summed E-state index contributed by atoms with van der Waals surface area (Å²) in [6, 6.07) is 17.3. The van der Waals surface area contributed by atoms with Gasteiger partial charge in [-0.1, -0.05) is 12.1 Å². The van der Waals surface area contributed by atoms with Crippen LogP contribution in [0, 0.1) is 0 Å². The standard InChI is InChI=1S/C24H27N5O2S/c1-28-21-8-6-5-7-18(21)25-23(28)19(13-14-32-4)26-24(30)22-15-20(27-29(22)2)16-9-11-17(31-3)12-10-16/h5-12,15,19H,13-14H2,1-4H3,(H,26,30)/t19-/m1/s1. The van der Waals surface area contributed by atoms with Crippen LogP contribution in [0.25, 0.3) is 22.3 Å². The molecule has 0 aliphatic rings. The summed E-state index contributed by atoms with van der Waals surface area (Å²) in [4.78, 5) is 18.1. The van der Waals surface area contributed by atoms with Crippen molar-refractivity contribution in [1.82, 2.24) is 24.6 Å². The second-order valence-electron chi connectivity index (χ2n) is 7.59. The van der Waals surface area contributed by atoms with Gasteiger partial charge in [0.25, 0.3) is 5.91 Å². The van der Waals surface area contributed by atoms with Gasteiger partial charge in [-0.2, -0.15) is 16.9 Å². The molecule has 1 atom stereocenters. The van der Waals surface area contributed by atoms with Crippen molar-refractivity contribution in [2.75, 3.05) is 19.1 Å². The third-order valence-electron chi connectivity index (χ3n) is 5.55. The number of aromatic nitrogens is 4. The Morgan fingerprint density at radius 3 is 2.59 bits per heavy atom. The summed E-state index contributed by atoms with van der Waals surface area (Å²) in [6.45, 7) is 0. The Morgan fingerprint density at radius 1 is 1.16 bits per heavy atom. The lowest BCUT2D eigenvalue weighted by Gasteiger charge is -2.18. The Balaban J connectivity index is 1.60. The lowest BCUT2D eigenvalue weighted by atomic mass is 10.1. The largest absolute Gasteiger partial charge is 0.497 e. The molecule has 0 fully saturated rings. The quantitative estimate of drug-likeness (QED) is 0.436. The van der Waals surface area contributed by atoms with Gasteiger partial charge in [0.05, 0.1) is 29.9 Å². The number of carbonyl (C=O) groups is 1. The predicted molar refractivity (Wildman–Crippen MR) is 129 cm³/mol. The number of nitrogens with zero attached hydrogens (tertiary/aromatic N) is 4. The Bertz CT molecular complexity index is 1230. The van der Waals surface area contributed by atoms with Crippen LogP contribution in [0.3, 0.4) is 0 Å². The number of fused-ring (bicyclic) bond motifs is 1. The van der Waals surface area contributed by atoms with Crippen LogP contribution in [-0.2, 0) is 14.1 Å². The number of ether oxygens (including phenoxy) is 1. The maximum Gasteiger partial charge on any atom is 0.270 e. The lowest BCUT2D eigenvalue weighted by molar-refractivity contribution is 0.0924. The molecular weight excluding hydrogens is 422 g/mol. The van der Waals surface area contributed by atoms with Gasteiger partial charge in [0.15, 0.2) is 0 Å². The zero-order valence-electron chi connectivity index (χ0n) is 18.7. The fourth-order valence-electron chi connectivity index (χ4n) is 3.79. The minimum Gasteiger partial charge on any atom is -0.497 e. The molecule has 4 rings (SSSR count). The average molecular weight is 450 g/mol. The van der Waals surface area contributed by atoms with E-state index < -0.39 is 0 Å². The number of para-hydroxylation sites is 2. The molecule has 0 spiro atoms. The highest BCUT2D eigenvalue weighted by atomic mass is 32.2. The summed E-state index contributed by atoms with van der Waals surface area (Å²) < 4.78 is 8.90. The van der Waals surface area contributed by atoms with E-state index in [0.29, 0.717) is 5.69 Å². The zero-order valence-corrected chi connectivity index (χ0v) is 19.5. The van der Waals surface area contributed by atoms with E-state index >= 15 is 0 Å². The van der Waals surface area contributed by atoms with Crippen LogP contribution in [0.1, 0.15) is 28.8 Å². The highest BCUT2D eigenvalue weighted by molar-refractivity contribution is 7.98. The molecule has 4 aromatic rings. The van der Waals surface area contributed by atoms with Crippen LogP contribution in [-0.4, -0.2) is 44.4 Å². The molecule has 32 heavy (non-hydrogen) atoms. The minimum absolute atomic E-state index is 0.169. The van der Waals surface area contributed by atoms with Crippen molar-refractivity contribution in [2.45, 2.75) is 12.5 Å². The van der Waals surface area contributed by atoms with E-state index in [9.17, 15) is 4.79 Å². The minimum atomic E-state index is -0.202. The lowest BCUT2D eigenvalue weighted by Crippen LogP contribution is -2.32. The number of imidazole rings is 1. The summed E-state index contributed by atoms with van der Waals surface area (Å²) in [5, 5.41) is 7.74. The second-order valence-corrected chi connectivity index (χ2v) is 8.58. The fourth-order valence-corrected chi connectivity index (χ4v) is 4.26. The number of thioether (sulfide) groups is 1. The number of rotatable bonds is 8. The van der Waals surface area contributed by atoms with Gasteiger partial charge in [0.1, 0.15) is 17.3 Å². The molecule has 1 N–H and O–H groups in total. The first-order chi connectivity index (χ1) is 15.5. The highest BCUT2D eigenvalue weighted by Crippen LogP contribution is 2.25. The average Bonchev–Trinajstić information content (AvgIpc) is 3.37. The number of benzene rings is 2. The monoisotopic (exact) mass is 449 g/mol. The normalized spacial score (nSPS) is 12.1. The predicted octanol–water partition coefficient (Wildman–Crippen LogP) is 4.21. The van der Waals surface area contributed by atoms with Crippen LogP contribution in [0.5, 0.6) is 5.75 Å². The number of amides is 1. The first-order valence-corrected chi connectivity index (χ1v) is 11.8. The Morgan fingerprint density at radius 2 is 1.91 bits per heavy atom. The Labute approximate surface area is 191 Å². The molecule has 1 amide bonds. The van der Waals surface area contributed by atoms with E-state index in [1.54, 1.807) is 30.6 Å². The van der Waals surface area contributed by atoms with Gasteiger partial charge < -0.3 is 14.6 Å². The van der Waals surface area contributed by atoms with Crippen LogP contribution in [0.2, 0.25) is 0 Å². The zero-order chi connectivity index (χ0) is 22.7. The number of carbonyl (C=O) groups excluding carboxylic acids is 1. The maximum atomic E-state index is 13.2. The molecule has 0 aliphatic heterocycles. The number of aryl methyl sites for hydroxylation is 2. The summed E-state index contributed by atoms with van der Waals surface area (Å²) in [7, 11) is 5.42. The van der Waals surface area contributed by atoms with Crippen LogP contribution >= 0.6 is 11.8 Å². The van der Waals surface area contributed by atoms with E-state index in [4.69, 9.17) is 9.72 Å². The molecule has 7 nitrogen and oxygen atoms in total. The summed E-state index contributed by atoms with van der Waals surface area (Å²) in [5.41, 5.74) is 4.14. The van der Waals surface area contributed by atoms with Gasteiger partial charge in [-0.15, -0.1) is 0 Å². The second kappa shape index (κ2) is 9.48. The molecule has 0 aliphatic carbocycles. The van der Waals surface area contributed by atoms with Crippen LogP contribution < -0.4 is 10.1 Å². The smallest absolute Gasteiger partial charge is 0.270 e. The highest BCUT2D eigenvalue weighted by Gasteiger charge is 2.23. The molecule has 8 heteroatoms. The molecule has 0 unspecified atom stereocenters. The van der Waals surface area contributed by atoms with E-state index in [1.807, 2.05) is 61.6 Å². The molecule has 2 aromatic heterocycles. The topological polar surface area (TPSA) is 74.0 Å². The molecule has 0 saturated carbocycles. The summed E-state index contributed by atoms with van der Waals surface area (Å²) >= 11 is 1.75. The third kappa shape index (κ3) is 4.36. The van der Waals surface area contributed by atoms with Gasteiger partial charge in [0, 0.05) is 19.7 Å². The molecule has 2 heterocycles. The van der Waals surface area contributed by atoms with Gasteiger partial charge in [-0.3, -0.25) is 9.48 Å². The van der Waals surface area contributed by atoms with Gasteiger partial charge >= 0.3 is 0 Å². The van der Waals surface area contributed by atoms with Crippen molar-refractivity contribution < 1.29 is 9.53 Å². The SMILES string of the molecule is COc1ccc(-c2cc(C(=O)N[C@H](CCSC)c3nc4ccccc4n3C)n(C)n2)cc1. The van der Waals surface area contributed by atoms with E-state index in [-0.39, 0.29) is 11.9 Å². The van der Waals surface area contributed by atoms with Crippen molar-refractivity contribution in [3.63, 3.8) is 0 Å². The summed E-state index contributed by atoms with van der Waals surface area (Å²) in [6.07, 6.45) is 2.85. The maximum absolute atomic E-state index is 13.2. The molecular formula is C24H27N5O2S. The van der Waals surface area contributed by atoms with E-state index in [0.717, 1.165) is 46.0 Å². The summed E-state index contributed by atoms with van der Waals surface area (Å²) in [5.74, 6) is 2.38. The number of hydrogen-bond acceptors (Lipinski definition) is 5. The molecule has 0 radical (unpaired) electrons. The molecule has 0 bridgehead atoms. The fraction of sp³-hybridized carbons (Fsp3) is 0.292. The van der Waals surface area contributed by atoms with Crippen molar-refractivity contribution >= 4 is 28.7 Å². The number of nitrogens with one attached hydrogen (secondary N) is 1. The molecule has 0 saturated heterocycles. The van der Waals surface area contributed by atoms with Crippen LogP contribution in [0.15, 0.2) is 54.6 Å². The van der Waals surface area contributed by atoms with Crippen molar-refractivity contribution in [2.24, 2.45) is 14.1 Å². The van der Waals surface area contributed by atoms with E-state index in [1.165, 1.54) is 0 Å². The van der Waals surface area contributed by atoms with Gasteiger partial charge in [0.2, 0.25) is 0 Å². The first-order valence-electron chi connectivity index (χ1n) is 10.4. The van der Waals surface area contributed by atoms with E-state index in [2.05, 4.69) is 21.2 Å². The Kier molecular flexibility index (Phi) is 6.50. The Hall–Kier alpha value is -3.26. The number of methoxy groups -OCH3 is 1. The van der Waals surface area contributed by atoms with Crippen molar-refractivity contribution in [3.05, 3.63) is 66.1 Å². The van der Waals surface area contributed by atoms with Crippen molar-refractivity contribution in [3.8, 4) is 17.0 Å². The number of hydrogen-bond donors (Lipinski definition) is 1. The van der Waals surface area contributed by atoms with Crippen LogP contribution in [0.4, 0.5) is 0 Å².